The first-order chi connectivity index (χ1) is 33.9. The molecule has 28 atom stereocenters. The third kappa shape index (κ3) is 15.2. The van der Waals surface area contributed by atoms with Crippen LogP contribution in [-0.2, 0) is 61.7 Å². The molecule has 5 aliphatic heterocycles. The quantitative estimate of drug-likeness (QED) is 0.0428. The highest BCUT2D eigenvalue weighted by Crippen LogP contribution is 2.34. The molecule has 5 fully saturated rings. The molecule has 0 aromatic heterocycles. The highest BCUT2D eigenvalue weighted by atomic mass is 16.8. The van der Waals surface area contributed by atoms with E-state index >= 15 is 0 Å². The van der Waals surface area contributed by atoms with Crippen LogP contribution < -0.4 is 0 Å². The maximum Gasteiger partial charge on any atom is 0.308 e. The summed E-state index contributed by atoms with van der Waals surface area (Å²) in [5, 5.41) is 138. The Morgan fingerprint density at radius 2 is 1.04 bits per heavy atom. The summed E-state index contributed by atoms with van der Waals surface area (Å²) >= 11 is 0. The van der Waals surface area contributed by atoms with E-state index in [0.717, 1.165) is 0 Å². The summed E-state index contributed by atoms with van der Waals surface area (Å²) in [7, 11) is 0. The molecular formula is C46H80O26. The fourth-order valence-corrected chi connectivity index (χ4v) is 9.28. The largest absolute Gasteiger partial charge is 0.462 e. The van der Waals surface area contributed by atoms with Crippen molar-refractivity contribution in [3.63, 3.8) is 0 Å². The topological polar surface area (TPSA) is 399 Å². The van der Waals surface area contributed by atoms with Gasteiger partial charge >= 0.3 is 11.9 Å². The Balaban J connectivity index is 1.15. The Bertz CT molecular complexity index is 1650. The van der Waals surface area contributed by atoms with E-state index in [9.17, 15) is 76.0 Å². The molecule has 0 saturated carbocycles. The van der Waals surface area contributed by atoms with Crippen LogP contribution in [0.2, 0.25) is 0 Å². The van der Waals surface area contributed by atoms with Crippen LogP contribution in [0.5, 0.6) is 0 Å². The van der Waals surface area contributed by atoms with Gasteiger partial charge in [-0.15, -0.1) is 0 Å². The number of carbonyl (C=O) groups excluding carboxylic acids is 2. The third-order valence-corrected chi connectivity index (χ3v) is 14.3. The second-order valence-electron chi connectivity index (χ2n) is 19.9. The summed E-state index contributed by atoms with van der Waals surface area (Å²) in [4.78, 5) is 26.7. The van der Waals surface area contributed by atoms with Gasteiger partial charge in [-0.1, -0.05) is 40.5 Å². The Kier molecular flexibility index (Phi) is 23.2. The molecule has 26 heteroatoms. The second-order valence-corrected chi connectivity index (χ2v) is 19.9. The van der Waals surface area contributed by atoms with Gasteiger partial charge in [0.15, 0.2) is 31.3 Å². The van der Waals surface area contributed by atoms with Crippen molar-refractivity contribution in [1.82, 2.24) is 0 Å². The van der Waals surface area contributed by atoms with Crippen molar-refractivity contribution in [2.45, 2.75) is 246 Å². The molecule has 0 bridgehead atoms. The molecule has 26 nitrogen and oxygen atoms in total. The lowest BCUT2D eigenvalue weighted by Gasteiger charge is -2.48. The Morgan fingerprint density at radius 3 is 1.65 bits per heavy atom. The Labute approximate surface area is 417 Å². The molecule has 0 aromatic rings. The molecule has 5 aliphatic rings. The summed E-state index contributed by atoms with van der Waals surface area (Å²) in [5.41, 5.74) is 0. The Hall–Kier alpha value is -1.94. The highest BCUT2D eigenvalue weighted by molar-refractivity contribution is 5.71. The van der Waals surface area contributed by atoms with Crippen LogP contribution in [0, 0.1) is 11.8 Å². The van der Waals surface area contributed by atoms with E-state index < -0.39 is 204 Å². The minimum absolute atomic E-state index is 0.0731. The summed E-state index contributed by atoms with van der Waals surface area (Å²) in [6.07, 6.45) is -36.6. The zero-order chi connectivity index (χ0) is 53.5. The minimum Gasteiger partial charge on any atom is -0.462 e. The van der Waals surface area contributed by atoms with Gasteiger partial charge in [-0.25, -0.2) is 0 Å². The monoisotopic (exact) mass is 1050 g/mol. The average Bonchev–Trinajstić information content (AvgIpc) is 3.60. The summed E-state index contributed by atoms with van der Waals surface area (Å²) in [5.74, 6) is -2.28. The van der Waals surface area contributed by atoms with Crippen molar-refractivity contribution in [3.8, 4) is 0 Å². The van der Waals surface area contributed by atoms with Crippen molar-refractivity contribution in [3.05, 3.63) is 0 Å². The summed E-state index contributed by atoms with van der Waals surface area (Å²) in [6.45, 7) is 10.4. The predicted molar refractivity (Wildman–Crippen MR) is 238 cm³/mol. The molecule has 0 spiro atoms. The summed E-state index contributed by atoms with van der Waals surface area (Å²) < 4.78 is 62.7. The number of hydrogen-bond acceptors (Lipinski definition) is 26. The maximum atomic E-state index is 13.5. The molecule has 420 valence electrons. The Morgan fingerprint density at radius 1 is 0.528 bits per heavy atom. The fraction of sp³-hybridized carbons (Fsp3) is 0.957. The zero-order valence-electron chi connectivity index (χ0n) is 41.7. The van der Waals surface area contributed by atoms with Crippen LogP contribution in [0.3, 0.4) is 0 Å². The normalized spacial score (nSPS) is 43.3. The van der Waals surface area contributed by atoms with Crippen molar-refractivity contribution >= 4 is 11.9 Å². The number of aliphatic hydroxyl groups excluding tert-OH is 13. The lowest BCUT2D eigenvalue weighted by molar-refractivity contribution is -0.369. The van der Waals surface area contributed by atoms with Crippen molar-refractivity contribution < 1.29 is 128 Å². The van der Waals surface area contributed by atoms with Crippen LogP contribution in [0.15, 0.2) is 0 Å². The number of carbonyl (C=O) groups is 2. The SMILES string of the molecule is CC[C@H](C)[C@H](C[C@H](O)CC(=O)OC1C(O)C(C)OC(C)C1OC1OC(C)C(OC2OCC(O)C(OC3OCC(O)C(O)C3O)C2O)C(O)C1O)OC(=O)C[C@@H](O)C[C@H](OC1OC(CO)C(O)C1O)[C@@H](C)CC. The van der Waals surface area contributed by atoms with E-state index in [1.807, 2.05) is 20.8 Å². The van der Waals surface area contributed by atoms with Gasteiger partial charge in [-0.05, 0) is 32.6 Å². The number of esters is 2. The number of ether oxygens (including phenoxy) is 11. The average molecular weight is 1050 g/mol. The minimum atomic E-state index is -1.88. The van der Waals surface area contributed by atoms with Gasteiger partial charge in [0.2, 0.25) is 0 Å². The van der Waals surface area contributed by atoms with E-state index in [0.29, 0.717) is 12.8 Å². The molecular weight excluding hydrogens is 968 g/mol. The van der Waals surface area contributed by atoms with Crippen LogP contribution in [-0.4, -0.2) is 258 Å². The van der Waals surface area contributed by atoms with E-state index in [1.165, 1.54) is 13.8 Å². The smallest absolute Gasteiger partial charge is 0.308 e. The molecule has 5 rings (SSSR count). The zero-order valence-corrected chi connectivity index (χ0v) is 41.7. The van der Waals surface area contributed by atoms with Gasteiger partial charge in [-0.2, -0.15) is 0 Å². The van der Waals surface area contributed by atoms with Gasteiger partial charge in [-0.3, -0.25) is 9.59 Å². The van der Waals surface area contributed by atoms with Gasteiger partial charge in [0.25, 0.3) is 0 Å². The van der Waals surface area contributed by atoms with Gasteiger partial charge in [0, 0.05) is 12.8 Å². The number of hydrogen-bond donors (Lipinski definition) is 13. The summed E-state index contributed by atoms with van der Waals surface area (Å²) in [6, 6.07) is 0. The van der Waals surface area contributed by atoms with Crippen molar-refractivity contribution in [2.24, 2.45) is 11.8 Å². The van der Waals surface area contributed by atoms with E-state index in [-0.39, 0.29) is 24.7 Å². The second kappa shape index (κ2) is 27.4. The van der Waals surface area contributed by atoms with E-state index in [1.54, 1.807) is 13.8 Å². The molecule has 0 aliphatic carbocycles. The molecule has 72 heavy (non-hydrogen) atoms. The van der Waals surface area contributed by atoms with Gasteiger partial charge in [0.1, 0.15) is 91.6 Å². The standard InChI is InChI=1S/C46H80O26/c1-8-17(3)26(66-29(52)12-23(49)11-27(18(4)9-2)67-46-36(59)33(56)28(14-47)68-46)10-22(48)13-30(53)69-42-31(54)19(5)64-21(7)40(42)71-45-37(60)34(57)39(20(6)65-45)70-44-38(61)41(25(51)16-63-44)72-43-35(58)32(55)24(50)15-62-43/h17-28,31-51,54-61H,8-16H2,1-7H3/t17-,18-,19?,20?,21?,22-,23-,24?,25?,26-,27-,28?,31?,32?,33?,34?,35?,36?,37?,38?,39?,40?,41?,42?,43?,44?,45?,46?/m0/s1. The third-order valence-electron chi connectivity index (χ3n) is 14.3. The first-order valence-corrected chi connectivity index (χ1v) is 24.9. The lowest BCUT2D eigenvalue weighted by atomic mass is 9.94. The highest BCUT2D eigenvalue weighted by Gasteiger charge is 2.53. The fourth-order valence-electron chi connectivity index (χ4n) is 9.28. The van der Waals surface area contributed by atoms with Crippen LogP contribution in [0.1, 0.15) is 87.0 Å². The molecule has 22 unspecified atom stereocenters. The molecule has 0 aromatic carbocycles. The van der Waals surface area contributed by atoms with E-state index in [4.69, 9.17) is 52.1 Å². The molecule has 5 heterocycles. The molecule has 0 amide bonds. The lowest BCUT2D eigenvalue weighted by Crippen LogP contribution is -2.65. The number of rotatable bonds is 23. The van der Waals surface area contributed by atoms with Crippen LogP contribution >= 0.6 is 0 Å². The predicted octanol–water partition coefficient (Wildman–Crippen LogP) is -4.68. The van der Waals surface area contributed by atoms with Gasteiger partial charge < -0.3 is 118 Å². The van der Waals surface area contributed by atoms with Crippen molar-refractivity contribution in [2.75, 3.05) is 19.8 Å². The van der Waals surface area contributed by atoms with Crippen molar-refractivity contribution in [1.29, 1.82) is 0 Å². The number of aliphatic hydroxyl groups is 13. The molecule has 0 radical (unpaired) electrons. The molecule has 5 saturated heterocycles. The van der Waals surface area contributed by atoms with Crippen LogP contribution in [0.25, 0.3) is 0 Å². The first kappa shape index (κ1) is 60.9. The van der Waals surface area contributed by atoms with Gasteiger partial charge in [0.05, 0.1) is 69.3 Å². The molecule has 13 N–H and O–H groups in total. The van der Waals surface area contributed by atoms with E-state index in [2.05, 4.69) is 0 Å². The first-order valence-electron chi connectivity index (χ1n) is 24.9. The van der Waals surface area contributed by atoms with Crippen LogP contribution in [0.4, 0.5) is 0 Å². The maximum absolute atomic E-state index is 13.5.